The molecule has 0 aliphatic rings. The normalized spacial score (nSPS) is 10.0. The quantitative estimate of drug-likeness (QED) is 0.607. The highest BCUT2D eigenvalue weighted by molar-refractivity contribution is 6.39. The number of methoxy groups -OCH3 is 1. The van der Waals surface area contributed by atoms with E-state index >= 15 is 0 Å². The van der Waals surface area contributed by atoms with Gasteiger partial charge in [-0.2, -0.15) is 0 Å². The molecule has 0 radical (unpaired) electrons. The van der Waals surface area contributed by atoms with Gasteiger partial charge in [-0.25, -0.2) is 0 Å². The van der Waals surface area contributed by atoms with Crippen LogP contribution in [0.1, 0.15) is 18.4 Å². The van der Waals surface area contributed by atoms with Gasteiger partial charge in [0.2, 0.25) is 0 Å². The number of unbranched alkanes of at least 4 members (excludes halogenated alkanes) is 1. The Morgan fingerprint density at radius 3 is 2.29 bits per heavy atom. The van der Waals surface area contributed by atoms with E-state index in [0.29, 0.717) is 18.0 Å². The molecule has 5 heteroatoms. The lowest BCUT2D eigenvalue weighted by molar-refractivity contribution is -0.136. The Morgan fingerprint density at radius 2 is 1.62 bits per heavy atom. The smallest absolute Gasteiger partial charge is 0.313 e. The number of nitrogens with one attached hydrogen (secondary N) is 2. The van der Waals surface area contributed by atoms with Crippen molar-refractivity contribution in [2.24, 2.45) is 0 Å². The molecule has 24 heavy (non-hydrogen) atoms. The van der Waals surface area contributed by atoms with E-state index in [0.717, 1.165) is 19.3 Å². The van der Waals surface area contributed by atoms with Crippen molar-refractivity contribution in [3.05, 3.63) is 60.2 Å². The van der Waals surface area contributed by atoms with Gasteiger partial charge in [-0.3, -0.25) is 9.59 Å². The molecule has 5 nitrogen and oxygen atoms in total. The summed E-state index contributed by atoms with van der Waals surface area (Å²) < 4.78 is 5.04. The summed E-state index contributed by atoms with van der Waals surface area (Å²) in [4.78, 5) is 23.6. The average Bonchev–Trinajstić information content (AvgIpc) is 2.62. The van der Waals surface area contributed by atoms with Gasteiger partial charge in [-0.05, 0) is 49.1 Å². The van der Waals surface area contributed by atoms with Crippen molar-refractivity contribution < 1.29 is 14.3 Å². The lowest BCUT2D eigenvalue weighted by atomic mass is 10.1. The lowest BCUT2D eigenvalue weighted by Crippen LogP contribution is -2.35. The van der Waals surface area contributed by atoms with E-state index in [1.807, 2.05) is 18.2 Å². The SMILES string of the molecule is COc1ccc(NC(=O)C(=O)NCCCCc2ccccc2)cc1. The van der Waals surface area contributed by atoms with Gasteiger partial charge < -0.3 is 15.4 Å². The molecular formula is C19H22N2O3. The fourth-order valence-electron chi connectivity index (χ4n) is 2.24. The number of benzene rings is 2. The summed E-state index contributed by atoms with van der Waals surface area (Å²) >= 11 is 0. The molecule has 2 N–H and O–H groups in total. The minimum atomic E-state index is -0.664. The molecule has 0 atom stereocenters. The molecule has 0 aromatic heterocycles. The van der Waals surface area contributed by atoms with Crippen LogP contribution in [0, 0.1) is 0 Å². The Bertz CT molecular complexity index is 654. The van der Waals surface area contributed by atoms with Gasteiger partial charge >= 0.3 is 11.8 Å². The lowest BCUT2D eigenvalue weighted by Gasteiger charge is -2.07. The van der Waals surface area contributed by atoms with Crippen LogP contribution >= 0.6 is 0 Å². The van der Waals surface area contributed by atoms with Gasteiger partial charge in [0.05, 0.1) is 7.11 Å². The van der Waals surface area contributed by atoms with E-state index in [-0.39, 0.29) is 0 Å². The van der Waals surface area contributed by atoms with Crippen LogP contribution in [0.3, 0.4) is 0 Å². The first kappa shape index (κ1) is 17.5. The van der Waals surface area contributed by atoms with Gasteiger partial charge in [0.15, 0.2) is 0 Å². The minimum absolute atomic E-state index is 0.488. The molecule has 0 aliphatic carbocycles. The number of hydrogen-bond donors (Lipinski definition) is 2. The number of hydrogen-bond acceptors (Lipinski definition) is 3. The fourth-order valence-corrected chi connectivity index (χ4v) is 2.24. The molecule has 0 bridgehead atoms. The maximum Gasteiger partial charge on any atom is 0.313 e. The van der Waals surface area contributed by atoms with E-state index in [4.69, 9.17) is 4.74 Å². The summed E-state index contributed by atoms with van der Waals surface area (Å²) in [6, 6.07) is 17.0. The topological polar surface area (TPSA) is 67.4 Å². The Hall–Kier alpha value is -2.82. The van der Waals surface area contributed by atoms with Crippen LogP contribution in [-0.4, -0.2) is 25.5 Å². The van der Waals surface area contributed by atoms with Crippen molar-refractivity contribution in [3.63, 3.8) is 0 Å². The van der Waals surface area contributed by atoms with E-state index in [1.165, 1.54) is 5.56 Å². The first-order valence-electron chi connectivity index (χ1n) is 7.96. The molecule has 0 heterocycles. The van der Waals surface area contributed by atoms with Crippen LogP contribution in [0.2, 0.25) is 0 Å². The van der Waals surface area contributed by atoms with Crippen LogP contribution in [0.15, 0.2) is 54.6 Å². The van der Waals surface area contributed by atoms with Crippen molar-refractivity contribution >= 4 is 17.5 Å². The second kappa shape index (κ2) is 9.35. The second-order valence-corrected chi connectivity index (χ2v) is 5.38. The third kappa shape index (κ3) is 5.76. The van der Waals surface area contributed by atoms with Crippen LogP contribution < -0.4 is 15.4 Å². The van der Waals surface area contributed by atoms with E-state index in [1.54, 1.807) is 31.4 Å². The van der Waals surface area contributed by atoms with Crippen LogP contribution in [-0.2, 0) is 16.0 Å². The molecule has 2 aromatic rings. The minimum Gasteiger partial charge on any atom is -0.497 e. The zero-order valence-electron chi connectivity index (χ0n) is 13.7. The largest absolute Gasteiger partial charge is 0.497 e. The first-order chi connectivity index (χ1) is 11.7. The average molecular weight is 326 g/mol. The number of rotatable bonds is 7. The Kier molecular flexibility index (Phi) is 6.83. The summed E-state index contributed by atoms with van der Waals surface area (Å²) in [5.74, 6) is -0.593. The highest BCUT2D eigenvalue weighted by Crippen LogP contribution is 2.14. The van der Waals surface area contributed by atoms with Gasteiger partial charge in [0.25, 0.3) is 0 Å². The van der Waals surface area contributed by atoms with Crippen molar-refractivity contribution in [3.8, 4) is 5.75 Å². The van der Waals surface area contributed by atoms with Crippen molar-refractivity contribution in [1.82, 2.24) is 5.32 Å². The van der Waals surface area contributed by atoms with Crippen molar-refractivity contribution in [1.29, 1.82) is 0 Å². The summed E-state index contributed by atoms with van der Waals surface area (Å²) in [5.41, 5.74) is 1.83. The highest BCUT2D eigenvalue weighted by atomic mass is 16.5. The summed E-state index contributed by atoms with van der Waals surface area (Å²) in [6.45, 7) is 0.488. The fraction of sp³-hybridized carbons (Fsp3) is 0.263. The third-order valence-electron chi connectivity index (χ3n) is 3.57. The number of carbonyl (C=O) groups is 2. The highest BCUT2D eigenvalue weighted by Gasteiger charge is 2.12. The van der Waals surface area contributed by atoms with E-state index < -0.39 is 11.8 Å². The van der Waals surface area contributed by atoms with Crippen molar-refractivity contribution in [2.45, 2.75) is 19.3 Å². The van der Waals surface area contributed by atoms with Crippen LogP contribution in [0.25, 0.3) is 0 Å². The van der Waals surface area contributed by atoms with E-state index in [2.05, 4.69) is 22.8 Å². The monoisotopic (exact) mass is 326 g/mol. The number of amides is 2. The molecule has 0 unspecified atom stereocenters. The Balaban J connectivity index is 1.65. The molecule has 2 amide bonds. The zero-order valence-corrected chi connectivity index (χ0v) is 13.7. The molecule has 2 aromatic carbocycles. The predicted molar refractivity (Wildman–Crippen MR) is 94.0 cm³/mol. The molecule has 0 spiro atoms. The summed E-state index contributed by atoms with van der Waals surface area (Å²) in [5, 5.41) is 5.19. The van der Waals surface area contributed by atoms with Crippen LogP contribution in [0.5, 0.6) is 5.75 Å². The number of ether oxygens (including phenoxy) is 1. The maximum absolute atomic E-state index is 11.8. The maximum atomic E-state index is 11.8. The Morgan fingerprint density at radius 1 is 0.917 bits per heavy atom. The zero-order chi connectivity index (χ0) is 17.2. The van der Waals surface area contributed by atoms with Crippen molar-refractivity contribution in [2.75, 3.05) is 19.0 Å². The van der Waals surface area contributed by atoms with Gasteiger partial charge in [0, 0.05) is 12.2 Å². The number of anilines is 1. The molecule has 126 valence electrons. The number of aryl methyl sites for hydroxylation is 1. The molecule has 0 saturated heterocycles. The van der Waals surface area contributed by atoms with Crippen LogP contribution in [0.4, 0.5) is 5.69 Å². The first-order valence-corrected chi connectivity index (χ1v) is 7.96. The third-order valence-corrected chi connectivity index (χ3v) is 3.57. The standard InChI is InChI=1S/C19H22N2O3/c1-24-17-12-10-16(11-13-17)21-19(23)18(22)20-14-6-5-9-15-7-3-2-4-8-15/h2-4,7-8,10-13H,5-6,9,14H2,1H3,(H,20,22)(H,21,23). The van der Waals surface area contributed by atoms with Gasteiger partial charge in [-0.1, -0.05) is 30.3 Å². The van der Waals surface area contributed by atoms with Gasteiger partial charge in [-0.15, -0.1) is 0 Å². The molecule has 2 rings (SSSR count). The van der Waals surface area contributed by atoms with E-state index in [9.17, 15) is 9.59 Å². The molecular weight excluding hydrogens is 304 g/mol. The molecule has 0 fully saturated rings. The Labute approximate surface area is 142 Å². The predicted octanol–water partition coefficient (Wildman–Crippen LogP) is 2.77. The molecule has 0 saturated carbocycles. The number of carbonyl (C=O) groups excluding carboxylic acids is 2. The summed E-state index contributed by atoms with van der Waals surface area (Å²) in [6.07, 6.45) is 2.76. The molecule has 0 aliphatic heterocycles. The summed E-state index contributed by atoms with van der Waals surface area (Å²) in [7, 11) is 1.57. The second-order valence-electron chi connectivity index (χ2n) is 5.38. The van der Waals surface area contributed by atoms with Gasteiger partial charge in [0.1, 0.15) is 5.75 Å².